The molecule has 2 aromatic carbocycles. The van der Waals surface area contributed by atoms with Crippen molar-refractivity contribution in [1.82, 2.24) is 0 Å². The van der Waals surface area contributed by atoms with Crippen molar-refractivity contribution in [3.05, 3.63) is 58.4 Å². The van der Waals surface area contributed by atoms with Crippen molar-refractivity contribution in [2.45, 2.75) is 32.6 Å². The SMILES string of the molecule is CC(C)(C)c1cccc(CC=Nc2c(F)c(F)c(F)c(F)c2F)c1O.[Cl-].[Cl-].[Ti+2]. The third-order valence-corrected chi connectivity index (χ3v) is 3.65. The molecule has 0 aliphatic rings. The van der Waals surface area contributed by atoms with E-state index in [-0.39, 0.29) is 64.1 Å². The van der Waals surface area contributed by atoms with E-state index in [9.17, 15) is 27.1 Å². The number of aliphatic imine (C=N–C) groups is 1. The van der Waals surface area contributed by atoms with Gasteiger partial charge in [0.1, 0.15) is 11.4 Å². The molecular weight excluding hydrogens is 460 g/mol. The van der Waals surface area contributed by atoms with Crippen LogP contribution in [0.5, 0.6) is 5.75 Å². The smallest absolute Gasteiger partial charge is 1.00 e. The van der Waals surface area contributed by atoms with Crippen molar-refractivity contribution >= 4 is 11.9 Å². The standard InChI is InChI=1S/C18H16F5NO.2ClH.Ti/c1-18(2,3)10-6-4-5-9(17(10)25)7-8-24-16-14(22)12(20)11(19)13(21)15(16)23;;;/h4-6,8,25H,7H2,1-3H3;2*1H;/q;;;+2/p-2. The van der Waals surface area contributed by atoms with Gasteiger partial charge in [0.05, 0.1) is 0 Å². The molecular formula is C18H16Cl2F5NOTi. The fourth-order valence-electron chi connectivity index (χ4n) is 2.30. The first-order valence-electron chi connectivity index (χ1n) is 7.41. The van der Waals surface area contributed by atoms with Crippen LogP contribution in [0.25, 0.3) is 0 Å². The molecule has 0 aliphatic heterocycles. The van der Waals surface area contributed by atoms with Gasteiger partial charge in [-0.15, -0.1) is 0 Å². The summed E-state index contributed by atoms with van der Waals surface area (Å²) in [5.74, 6) is -10.3. The largest absolute Gasteiger partial charge is 2.00 e. The average Bonchev–Trinajstić information content (AvgIpc) is 2.54. The van der Waals surface area contributed by atoms with Crippen molar-refractivity contribution in [2.24, 2.45) is 4.99 Å². The molecule has 0 spiro atoms. The van der Waals surface area contributed by atoms with E-state index in [0.29, 0.717) is 11.1 Å². The molecule has 0 aromatic heterocycles. The predicted octanol–water partition coefficient (Wildman–Crippen LogP) is -0.664. The number of hydrogen-bond acceptors (Lipinski definition) is 2. The van der Waals surface area contributed by atoms with Crippen LogP contribution in [0.3, 0.4) is 0 Å². The fraction of sp³-hybridized carbons (Fsp3) is 0.278. The van der Waals surface area contributed by atoms with E-state index in [1.165, 1.54) is 0 Å². The van der Waals surface area contributed by atoms with Crippen molar-refractivity contribution in [3.63, 3.8) is 0 Å². The molecule has 0 saturated heterocycles. The van der Waals surface area contributed by atoms with Gasteiger partial charge < -0.3 is 29.9 Å². The van der Waals surface area contributed by atoms with Crippen LogP contribution in [-0.2, 0) is 33.6 Å². The molecule has 0 saturated carbocycles. The minimum absolute atomic E-state index is 0. The Morgan fingerprint density at radius 2 is 1.36 bits per heavy atom. The number of halogens is 7. The molecule has 0 heterocycles. The molecule has 0 radical (unpaired) electrons. The molecule has 0 unspecified atom stereocenters. The van der Waals surface area contributed by atoms with Crippen molar-refractivity contribution in [3.8, 4) is 5.75 Å². The van der Waals surface area contributed by atoms with Gasteiger partial charge in [-0.1, -0.05) is 39.0 Å². The minimum Gasteiger partial charge on any atom is -1.00 e. The van der Waals surface area contributed by atoms with E-state index < -0.39 is 34.8 Å². The maximum atomic E-state index is 13.5. The van der Waals surface area contributed by atoms with Crippen LogP contribution in [0.2, 0.25) is 0 Å². The zero-order valence-electron chi connectivity index (χ0n) is 15.1. The van der Waals surface area contributed by atoms with Gasteiger partial charge in [-0.3, -0.25) is 4.99 Å². The molecule has 0 atom stereocenters. The van der Waals surface area contributed by atoms with Gasteiger partial charge in [-0.2, -0.15) is 0 Å². The Bertz CT molecular complexity index is 828. The molecule has 152 valence electrons. The molecule has 2 aromatic rings. The second-order valence-electron chi connectivity index (χ2n) is 6.50. The maximum absolute atomic E-state index is 13.5. The summed E-state index contributed by atoms with van der Waals surface area (Å²) in [7, 11) is 0. The Morgan fingerprint density at radius 3 is 1.82 bits per heavy atom. The second kappa shape index (κ2) is 11.1. The van der Waals surface area contributed by atoms with Crippen LogP contribution in [0, 0.1) is 29.1 Å². The van der Waals surface area contributed by atoms with Gasteiger partial charge in [0.2, 0.25) is 5.82 Å². The van der Waals surface area contributed by atoms with Gasteiger partial charge in [-0.05, 0) is 16.5 Å². The van der Waals surface area contributed by atoms with Gasteiger partial charge in [0.25, 0.3) is 0 Å². The third-order valence-electron chi connectivity index (χ3n) is 3.65. The summed E-state index contributed by atoms with van der Waals surface area (Å²) in [6.45, 7) is 5.69. The van der Waals surface area contributed by atoms with E-state index in [2.05, 4.69) is 4.99 Å². The fourth-order valence-corrected chi connectivity index (χ4v) is 2.30. The summed E-state index contributed by atoms with van der Waals surface area (Å²) < 4.78 is 66.3. The first-order chi connectivity index (χ1) is 11.6. The quantitative estimate of drug-likeness (QED) is 0.206. The summed E-state index contributed by atoms with van der Waals surface area (Å²) >= 11 is 0. The minimum atomic E-state index is -2.23. The Balaban J connectivity index is 0. The van der Waals surface area contributed by atoms with E-state index in [4.69, 9.17) is 0 Å². The molecule has 0 amide bonds. The van der Waals surface area contributed by atoms with E-state index in [1.54, 1.807) is 18.2 Å². The number of nitrogens with zero attached hydrogens (tertiary/aromatic N) is 1. The van der Waals surface area contributed by atoms with Gasteiger partial charge in [-0.25, -0.2) is 22.0 Å². The van der Waals surface area contributed by atoms with E-state index in [0.717, 1.165) is 6.21 Å². The van der Waals surface area contributed by atoms with Crippen molar-refractivity contribution < 1.29 is 73.6 Å². The monoisotopic (exact) mass is 475 g/mol. The van der Waals surface area contributed by atoms with Gasteiger partial charge in [0, 0.05) is 12.6 Å². The zero-order valence-corrected chi connectivity index (χ0v) is 18.1. The van der Waals surface area contributed by atoms with Crippen LogP contribution >= 0.6 is 0 Å². The number of phenolic OH excluding ortho intramolecular Hbond substituents is 1. The van der Waals surface area contributed by atoms with Crippen molar-refractivity contribution in [2.75, 3.05) is 0 Å². The summed E-state index contributed by atoms with van der Waals surface area (Å²) in [5.41, 5.74) is -0.517. The molecule has 2 nitrogen and oxygen atoms in total. The van der Waals surface area contributed by atoms with Crippen molar-refractivity contribution in [1.29, 1.82) is 0 Å². The predicted molar refractivity (Wildman–Crippen MR) is 84.9 cm³/mol. The van der Waals surface area contributed by atoms with E-state index in [1.807, 2.05) is 20.8 Å². The molecule has 0 fully saturated rings. The molecule has 1 N–H and O–H groups in total. The first kappa shape index (κ1) is 29.1. The topological polar surface area (TPSA) is 32.6 Å². The Kier molecular flexibility index (Phi) is 11.6. The Labute approximate surface area is 187 Å². The summed E-state index contributed by atoms with van der Waals surface area (Å²) in [6.07, 6.45) is 0.940. The maximum Gasteiger partial charge on any atom is 2.00 e. The molecule has 10 heteroatoms. The zero-order chi connectivity index (χ0) is 18.9. The molecule has 28 heavy (non-hydrogen) atoms. The summed E-state index contributed by atoms with van der Waals surface area (Å²) in [4.78, 5) is 3.36. The number of rotatable bonds is 3. The van der Waals surface area contributed by atoms with E-state index >= 15 is 0 Å². The summed E-state index contributed by atoms with van der Waals surface area (Å²) in [5, 5.41) is 10.3. The number of phenols is 1. The number of aromatic hydroxyl groups is 1. The van der Waals surface area contributed by atoms with Crippen LogP contribution in [0.15, 0.2) is 23.2 Å². The van der Waals surface area contributed by atoms with Crippen LogP contribution < -0.4 is 24.8 Å². The average molecular weight is 476 g/mol. The van der Waals surface area contributed by atoms with Crippen LogP contribution in [0.4, 0.5) is 27.6 Å². The third kappa shape index (κ3) is 5.93. The van der Waals surface area contributed by atoms with Crippen LogP contribution in [-0.4, -0.2) is 11.3 Å². The molecule has 0 bridgehead atoms. The second-order valence-corrected chi connectivity index (χ2v) is 6.50. The number of para-hydroxylation sites is 1. The Morgan fingerprint density at radius 1 is 0.893 bits per heavy atom. The van der Waals surface area contributed by atoms with Gasteiger partial charge >= 0.3 is 21.7 Å². The molecule has 0 aliphatic carbocycles. The van der Waals surface area contributed by atoms with Crippen LogP contribution in [0.1, 0.15) is 31.9 Å². The molecule has 2 rings (SSSR count). The Hall–Kier alpha value is -1.15. The first-order valence-corrected chi connectivity index (χ1v) is 7.41. The number of benzene rings is 2. The van der Waals surface area contributed by atoms with Gasteiger partial charge in [0.15, 0.2) is 23.3 Å². The number of hydrogen-bond donors (Lipinski definition) is 1. The summed E-state index contributed by atoms with van der Waals surface area (Å²) in [6, 6.07) is 5.01. The normalized spacial score (nSPS) is 10.9.